The molecule has 0 bridgehead atoms. The molecule has 0 unspecified atom stereocenters. The smallest absolute Gasteiger partial charge is 0.387 e. The van der Waals surface area contributed by atoms with Gasteiger partial charge in [-0.05, 0) is 60.7 Å². The van der Waals surface area contributed by atoms with Crippen LogP contribution >= 0.6 is 12.2 Å². The zero-order valence-electron chi connectivity index (χ0n) is 11.1. The molecule has 2 aromatic carbocycles. The Morgan fingerprint density at radius 1 is 0.955 bits per heavy atom. The van der Waals surface area contributed by atoms with Crippen LogP contribution in [0.1, 0.15) is 0 Å². The lowest BCUT2D eigenvalue weighted by molar-refractivity contribution is -0.0498. The van der Waals surface area contributed by atoms with E-state index in [9.17, 15) is 13.2 Å². The van der Waals surface area contributed by atoms with Crippen molar-refractivity contribution in [3.8, 4) is 5.75 Å². The van der Waals surface area contributed by atoms with Crippen molar-refractivity contribution in [2.45, 2.75) is 6.61 Å². The lowest BCUT2D eigenvalue weighted by Crippen LogP contribution is -2.33. The van der Waals surface area contributed by atoms with E-state index in [0.717, 1.165) is 0 Å². The number of benzene rings is 2. The van der Waals surface area contributed by atoms with Crippen molar-refractivity contribution in [1.82, 2.24) is 5.43 Å². The molecule has 0 aliphatic rings. The molecule has 8 heteroatoms. The summed E-state index contributed by atoms with van der Waals surface area (Å²) in [6, 6.07) is 11.6. The molecule has 0 radical (unpaired) electrons. The van der Waals surface area contributed by atoms with Crippen LogP contribution in [0.5, 0.6) is 5.75 Å². The second kappa shape index (κ2) is 7.51. The van der Waals surface area contributed by atoms with Gasteiger partial charge in [-0.25, -0.2) is 4.39 Å². The Hall–Kier alpha value is -2.48. The standard InChI is InChI=1S/C14H12F3N3OS/c15-9-1-3-11(4-2-9)19-20-14(22)18-10-5-7-12(8-6-10)21-13(16)17/h1-8,13,19H,(H2,18,20,22). The maximum absolute atomic E-state index is 12.7. The fraction of sp³-hybridized carbons (Fsp3) is 0.0714. The van der Waals surface area contributed by atoms with E-state index in [4.69, 9.17) is 12.2 Å². The molecular weight excluding hydrogens is 315 g/mol. The first kappa shape index (κ1) is 15.9. The summed E-state index contributed by atoms with van der Waals surface area (Å²) in [6.45, 7) is -2.86. The Labute approximate surface area is 130 Å². The van der Waals surface area contributed by atoms with Gasteiger partial charge >= 0.3 is 6.61 Å². The molecule has 0 saturated heterocycles. The van der Waals surface area contributed by atoms with Gasteiger partial charge in [-0.1, -0.05) is 0 Å². The molecule has 2 aromatic rings. The number of hydrazine groups is 1. The molecule has 0 amide bonds. The summed E-state index contributed by atoms with van der Waals surface area (Å²) < 4.78 is 41.0. The van der Waals surface area contributed by atoms with Gasteiger partial charge in [-0.15, -0.1) is 0 Å². The van der Waals surface area contributed by atoms with E-state index >= 15 is 0 Å². The predicted octanol–water partition coefficient (Wildman–Crippen LogP) is 3.74. The first-order valence-electron chi connectivity index (χ1n) is 6.16. The third-order valence-electron chi connectivity index (χ3n) is 2.50. The van der Waals surface area contributed by atoms with Gasteiger partial charge in [0.15, 0.2) is 5.11 Å². The summed E-state index contributed by atoms with van der Waals surface area (Å²) >= 11 is 5.05. The summed E-state index contributed by atoms with van der Waals surface area (Å²) in [5.41, 5.74) is 6.72. The first-order chi connectivity index (χ1) is 10.5. The highest BCUT2D eigenvalue weighted by molar-refractivity contribution is 7.80. The van der Waals surface area contributed by atoms with Crippen LogP contribution in [0.15, 0.2) is 48.5 Å². The number of hydrogen-bond acceptors (Lipinski definition) is 3. The van der Waals surface area contributed by atoms with E-state index < -0.39 is 6.61 Å². The molecule has 0 spiro atoms. The monoisotopic (exact) mass is 327 g/mol. The number of thiocarbonyl (C=S) groups is 1. The number of halogens is 3. The van der Waals surface area contributed by atoms with Gasteiger partial charge in [0.1, 0.15) is 11.6 Å². The molecule has 3 N–H and O–H groups in total. The molecule has 0 saturated carbocycles. The summed E-state index contributed by atoms with van der Waals surface area (Å²) in [5.74, 6) is -0.277. The molecular formula is C14H12F3N3OS. The lowest BCUT2D eigenvalue weighted by atomic mass is 10.3. The zero-order valence-corrected chi connectivity index (χ0v) is 12.0. The maximum atomic E-state index is 12.7. The Balaban J connectivity index is 1.82. The van der Waals surface area contributed by atoms with E-state index in [0.29, 0.717) is 11.4 Å². The zero-order chi connectivity index (χ0) is 15.9. The second-order valence-corrected chi connectivity index (χ2v) is 4.52. The third kappa shape index (κ3) is 5.13. The normalized spacial score (nSPS) is 10.2. The minimum absolute atomic E-state index is 0.0591. The van der Waals surface area contributed by atoms with Crippen LogP contribution in [0.25, 0.3) is 0 Å². The van der Waals surface area contributed by atoms with Crippen LogP contribution < -0.4 is 20.9 Å². The summed E-state index contributed by atoms with van der Waals surface area (Å²) in [4.78, 5) is 0. The van der Waals surface area contributed by atoms with Gasteiger partial charge in [0, 0.05) is 5.69 Å². The number of nitrogens with one attached hydrogen (secondary N) is 3. The number of ether oxygens (including phenoxy) is 1. The van der Waals surface area contributed by atoms with Gasteiger partial charge in [-0.2, -0.15) is 8.78 Å². The SMILES string of the molecule is Fc1ccc(NNC(=S)Nc2ccc(OC(F)F)cc2)cc1. The highest BCUT2D eigenvalue weighted by Gasteiger charge is 2.04. The number of hydrogen-bond donors (Lipinski definition) is 3. The Kier molecular flexibility index (Phi) is 5.42. The Morgan fingerprint density at radius 3 is 2.14 bits per heavy atom. The van der Waals surface area contributed by atoms with E-state index in [1.165, 1.54) is 24.3 Å². The minimum Gasteiger partial charge on any atom is -0.435 e. The topological polar surface area (TPSA) is 45.3 Å². The van der Waals surface area contributed by atoms with Crippen LogP contribution in [0.3, 0.4) is 0 Å². The van der Waals surface area contributed by atoms with Crippen LogP contribution in [-0.4, -0.2) is 11.7 Å². The molecule has 0 aliphatic carbocycles. The fourth-order valence-electron chi connectivity index (χ4n) is 1.54. The second-order valence-electron chi connectivity index (χ2n) is 4.11. The quantitative estimate of drug-likeness (QED) is 0.577. The van der Waals surface area contributed by atoms with Crippen molar-refractivity contribution in [3.63, 3.8) is 0 Å². The molecule has 0 aliphatic heterocycles. The van der Waals surface area contributed by atoms with E-state index in [1.54, 1.807) is 24.3 Å². The third-order valence-corrected chi connectivity index (χ3v) is 2.71. The molecule has 0 aromatic heterocycles. The first-order valence-corrected chi connectivity index (χ1v) is 6.57. The van der Waals surface area contributed by atoms with Crippen LogP contribution in [0.4, 0.5) is 24.5 Å². The highest BCUT2D eigenvalue weighted by Crippen LogP contribution is 2.17. The Morgan fingerprint density at radius 2 is 1.55 bits per heavy atom. The maximum Gasteiger partial charge on any atom is 0.387 e. The molecule has 2 rings (SSSR count). The lowest BCUT2D eigenvalue weighted by Gasteiger charge is -2.13. The number of rotatable bonds is 5. The van der Waals surface area contributed by atoms with Gasteiger partial charge in [-0.3, -0.25) is 10.9 Å². The minimum atomic E-state index is -2.86. The van der Waals surface area contributed by atoms with Crippen molar-refractivity contribution in [2.75, 3.05) is 10.7 Å². The van der Waals surface area contributed by atoms with Gasteiger partial charge in [0.25, 0.3) is 0 Å². The summed E-state index contributed by atoms with van der Waals surface area (Å²) in [5, 5.41) is 3.10. The molecule has 4 nitrogen and oxygen atoms in total. The predicted molar refractivity (Wildman–Crippen MR) is 82.5 cm³/mol. The number of anilines is 2. The van der Waals surface area contributed by atoms with Crippen molar-refractivity contribution >= 4 is 28.7 Å². The molecule has 0 heterocycles. The molecule has 0 fully saturated rings. The van der Waals surface area contributed by atoms with Crippen molar-refractivity contribution in [2.24, 2.45) is 0 Å². The largest absolute Gasteiger partial charge is 0.435 e. The highest BCUT2D eigenvalue weighted by atomic mass is 32.1. The van der Waals surface area contributed by atoms with Gasteiger partial charge in [0.2, 0.25) is 0 Å². The van der Waals surface area contributed by atoms with Crippen LogP contribution in [-0.2, 0) is 0 Å². The van der Waals surface area contributed by atoms with Crippen LogP contribution in [0, 0.1) is 5.82 Å². The average Bonchev–Trinajstić information content (AvgIpc) is 2.48. The van der Waals surface area contributed by atoms with Crippen molar-refractivity contribution in [1.29, 1.82) is 0 Å². The van der Waals surface area contributed by atoms with E-state index in [1.807, 2.05) is 0 Å². The van der Waals surface area contributed by atoms with Crippen LogP contribution in [0.2, 0.25) is 0 Å². The van der Waals surface area contributed by atoms with Gasteiger partial charge in [0.05, 0.1) is 5.69 Å². The summed E-state index contributed by atoms with van der Waals surface area (Å²) in [7, 11) is 0. The summed E-state index contributed by atoms with van der Waals surface area (Å²) in [6.07, 6.45) is 0. The fourth-order valence-corrected chi connectivity index (χ4v) is 1.71. The molecule has 116 valence electrons. The number of alkyl halides is 2. The van der Waals surface area contributed by atoms with E-state index in [2.05, 4.69) is 20.9 Å². The molecule has 0 atom stereocenters. The van der Waals surface area contributed by atoms with Gasteiger partial charge < -0.3 is 10.1 Å². The van der Waals surface area contributed by atoms with Crippen molar-refractivity contribution < 1.29 is 17.9 Å². The molecule has 22 heavy (non-hydrogen) atoms. The van der Waals surface area contributed by atoms with Crippen molar-refractivity contribution in [3.05, 3.63) is 54.3 Å². The van der Waals surface area contributed by atoms with E-state index in [-0.39, 0.29) is 16.7 Å². The average molecular weight is 327 g/mol. The Bertz CT molecular complexity index is 620.